The number of nitrogens with zero attached hydrogens (tertiary/aromatic N) is 3. The lowest BCUT2D eigenvalue weighted by Gasteiger charge is -2.30. The number of nitrogens with one attached hydrogen (secondary N) is 3. The van der Waals surface area contributed by atoms with Crippen molar-refractivity contribution in [3.63, 3.8) is 0 Å². The largest absolute Gasteiger partial charge is 0.456 e. The third-order valence-corrected chi connectivity index (χ3v) is 10.4. The van der Waals surface area contributed by atoms with E-state index < -0.39 is 80.3 Å². The molecule has 47 heavy (non-hydrogen) atoms. The van der Waals surface area contributed by atoms with Gasteiger partial charge >= 0.3 is 12.1 Å². The summed E-state index contributed by atoms with van der Waals surface area (Å²) in [4.78, 5) is 76.3. The minimum atomic E-state index is -3.90. The first-order valence-corrected chi connectivity index (χ1v) is 17.5. The summed E-state index contributed by atoms with van der Waals surface area (Å²) in [5.41, 5.74) is -2.41. The minimum absolute atomic E-state index is 0.0580. The Morgan fingerprint density at radius 3 is 2.53 bits per heavy atom. The zero-order valence-electron chi connectivity index (χ0n) is 26.8. The fourth-order valence-electron chi connectivity index (χ4n) is 5.91. The van der Waals surface area contributed by atoms with Crippen molar-refractivity contribution in [2.45, 2.75) is 113 Å². The van der Waals surface area contributed by atoms with E-state index in [9.17, 15) is 32.4 Å². The molecule has 0 unspecified atom stereocenters. The van der Waals surface area contributed by atoms with E-state index >= 15 is 0 Å². The number of carbonyl (C=O) groups excluding carboxylic acids is 5. The number of hydrogen-bond donors (Lipinski definition) is 3. The van der Waals surface area contributed by atoms with Crippen LogP contribution in [0, 0.1) is 5.92 Å². The monoisotopic (exact) mass is 674 g/mol. The molecule has 15 nitrogen and oxygen atoms in total. The third-order valence-electron chi connectivity index (χ3n) is 8.58. The van der Waals surface area contributed by atoms with Crippen molar-refractivity contribution in [3.8, 4) is 0 Å². The van der Waals surface area contributed by atoms with Gasteiger partial charge in [0, 0.05) is 24.7 Å². The average Bonchev–Trinajstić information content (AvgIpc) is 3.92. The number of ether oxygens (including phenoxy) is 2. The van der Waals surface area contributed by atoms with E-state index in [0.29, 0.717) is 25.7 Å². The van der Waals surface area contributed by atoms with Crippen molar-refractivity contribution in [3.05, 3.63) is 36.4 Å². The number of esters is 1. The summed E-state index contributed by atoms with van der Waals surface area (Å²) in [6, 6.07) is -2.25. The van der Waals surface area contributed by atoms with Crippen molar-refractivity contribution >= 4 is 39.8 Å². The molecule has 0 aromatic carbocycles. The molecule has 5 rings (SSSR count). The Bertz CT molecular complexity index is 1530. The molecule has 2 saturated carbocycles. The number of allylic oxidation sites excluding steroid dienone is 1. The molecule has 1 saturated heterocycles. The highest BCUT2D eigenvalue weighted by molar-refractivity contribution is 7.91. The van der Waals surface area contributed by atoms with Crippen LogP contribution in [0.2, 0.25) is 0 Å². The van der Waals surface area contributed by atoms with E-state index in [4.69, 9.17) is 9.47 Å². The topological polar surface area (TPSA) is 203 Å². The molecule has 4 aliphatic rings. The average molecular weight is 675 g/mol. The number of aromatic nitrogens is 2. The van der Waals surface area contributed by atoms with Gasteiger partial charge in [0.25, 0.3) is 5.91 Å². The van der Waals surface area contributed by atoms with Gasteiger partial charge in [-0.05, 0) is 59.3 Å². The summed E-state index contributed by atoms with van der Waals surface area (Å²) in [5, 5.41) is 4.78. The highest BCUT2D eigenvalue weighted by Crippen LogP contribution is 2.46. The second kappa shape index (κ2) is 13.6. The van der Waals surface area contributed by atoms with Gasteiger partial charge in [-0.15, -0.1) is 0 Å². The first-order valence-electron chi connectivity index (χ1n) is 16.0. The highest BCUT2D eigenvalue weighted by atomic mass is 32.2. The van der Waals surface area contributed by atoms with Gasteiger partial charge in [-0.3, -0.25) is 24.1 Å². The first kappa shape index (κ1) is 34.3. The lowest BCUT2D eigenvalue weighted by molar-refractivity contribution is -0.141. The van der Waals surface area contributed by atoms with Crippen molar-refractivity contribution in [2.24, 2.45) is 5.92 Å². The molecule has 0 bridgehead atoms. The van der Waals surface area contributed by atoms with Crippen LogP contribution < -0.4 is 15.4 Å². The molecule has 4 amide bonds. The predicted molar refractivity (Wildman–Crippen MR) is 166 cm³/mol. The number of rotatable bonds is 6. The maximum atomic E-state index is 14.1. The predicted octanol–water partition coefficient (Wildman–Crippen LogP) is 1.50. The minimum Gasteiger partial charge on any atom is -0.456 e. The number of hydrogen-bond acceptors (Lipinski definition) is 11. The van der Waals surface area contributed by atoms with Crippen molar-refractivity contribution in [1.29, 1.82) is 0 Å². The second-order valence-electron chi connectivity index (χ2n) is 13.6. The van der Waals surface area contributed by atoms with E-state index in [1.54, 1.807) is 20.8 Å². The summed E-state index contributed by atoms with van der Waals surface area (Å²) in [5.74, 6) is -3.37. The Balaban J connectivity index is 1.42. The zero-order valence-corrected chi connectivity index (χ0v) is 27.6. The number of carbonyl (C=O) groups is 5. The van der Waals surface area contributed by atoms with Gasteiger partial charge in [-0.25, -0.2) is 23.0 Å². The smallest absolute Gasteiger partial charge is 0.408 e. The Hall–Kier alpha value is -4.08. The van der Waals surface area contributed by atoms with Gasteiger partial charge in [0.15, 0.2) is 5.69 Å². The zero-order chi connectivity index (χ0) is 34.0. The fraction of sp³-hybridized carbons (Fsp3) is 0.645. The Morgan fingerprint density at radius 1 is 1.09 bits per heavy atom. The maximum Gasteiger partial charge on any atom is 0.408 e. The SMILES string of the molecule is CC(C)(C)OC(=O)N[C@H]1CCCCCC=C[C@@H]2C[C@@]2(C(=O)NS(=O)(=O)C2CC2)NC(=O)[C@@H]2C[C@@H](OC(=O)c3cnccn3)CN2C1=O. The Labute approximate surface area is 273 Å². The molecule has 1 aromatic rings. The highest BCUT2D eigenvalue weighted by Gasteiger charge is 2.62. The van der Waals surface area contributed by atoms with Crippen LogP contribution in [-0.2, 0) is 33.9 Å². The summed E-state index contributed by atoms with van der Waals surface area (Å²) in [6.07, 6.45) is 9.97. The van der Waals surface area contributed by atoms with Crippen molar-refractivity contribution in [1.82, 2.24) is 30.2 Å². The molecular weight excluding hydrogens is 632 g/mol. The Morgan fingerprint density at radius 2 is 1.85 bits per heavy atom. The molecule has 3 heterocycles. The van der Waals surface area contributed by atoms with Crippen LogP contribution in [0.3, 0.4) is 0 Å². The van der Waals surface area contributed by atoms with Gasteiger partial charge in [0.2, 0.25) is 21.8 Å². The van der Waals surface area contributed by atoms with E-state index in [1.807, 2.05) is 12.2 Å². The molecule has 3 fully saturated rings. The fourth-order valence-corrected chi connectivity index (χ4v) is 7.28. The maximum absolute atomic E-state index is 14.1. The van der Waals surface area contributed by atoms with Crippen LogP contribution in [0.25, 0.3) is 0 Å². The molecular formula is C31H42N6O9S. The molecule has 16 heteroatoms. The van der Waals surface area contributed by atoms with Gasteiger partial charge in [-0.1, -0.05) is 25.0 Å². The summed E-state index contributed by atoms with van der Waals surface area (Å²) < 4.78 is 38.5. The van der Waals surface area contributed by atoms with E-state index in [2.05, 4.69) is 25.3 Å². The lowest BCUT2D eigenvalue weighted by Crippen LogP contribution is -2.58. The molecule has 0 radical (unpaired) electrons. The summed E-state index contributed by atoms with van der Waals surface area (Å²) in [7, 11) is -3.90. The molecule has 5 atom stereocenters. The van der Waals surface area contributed by atoms with Crippen LogP contribution in [0.5, 0.6) is 0 Å². The van der Waals surface area contributed by atoms with Gasteiger partial charge in [-0.2, -0.15) is 0 Å². The van der Waals surface area contributed by atoms with E-state index in [1.165, 1.54) is 23.5 Å². The second-order valence-corrected chi connectivity index (χ2v) is 15.5. The quantitative estimate of drug-likeness (QED) is 0.291. The summed E-state index contributed by atoms with van der Waals surface area (Å²) >= 11 is 0. The first-order chi connectivity index (χ1) is 22.2. The molecule has 2 aliphatic carbocycles. The van der Waals surface area contributed by atoms with Crippen LogP contribution in [0.4, 0.5) is 4.79 Å². The molecule has 2 aliphatic heterocycles. The molecule has 3 N–H and O–H groups in total. The molecule has 1 aromatic heterocycles. The number of alkyl carbamates (subject to hydrolysis) is 1. The van der Waals surface area contributed by atoms with Crippen LogP contribution in [0.1, 0.15) is 89.0 Å². The Kier molecular flexibility index (Phi) is 9.89. The summed E-state index contributed by atoms with van der Waals surface area (Å²) in [6.45, 7) is 4.92. The van der Waals surface area contributed by atoms with E-state index in [0.717, 1.165) is 12.8 Å². The number of fused-ring (bicyclic) bond motifs is 2. The van der Waals surface area contributed by atoms with Crippen molar-refractivity contribution < 1.29 is 41.9 Å². The molecule has 256 valence electrons. The lowest BCUT2D eigenvalue weighted by atomic mass is 10.0. The standard InChI is InChI=1S/C31H42N6O9S/c1-30(2,3)46-29(42)34-22-10-8-6-4-5-7-9-19-16-31(19,28(41)36-47(43,44)21-11-12-21)35-25(38)24-15-20(18-37(24)26(22)39)45-27(40)23-17-32-13-14-33-23/h7,9,13-14,17,19-22,24H,4-6,8,10-12,15-16,18H2,1-3H3,(H,34,42)(H,35,38)(H,36,41)/t19-,20-,22+,24+,31-/m1/s1. The van der Waals surface area contributed by atoms with Gasteiger partial charge in [0.05, 0.1) is 18.0 Å². The normalized spacial score (nSPS) is 28.4. The van der Waals surface area contributed by atoms with Crippen LogP contribution >= 0.6 is 0 Å². The van der Waals surface area contributed by atoms with Gasteiger partial charge < -0.3 is 25.0 Å². The number of sulfonamides is 1. The number of amides is 4. The third kappa shape index (κ3) is 8.45. The van der Waals surface area contributed by atoms with Crippen LogP contribution in [0.15, 0.2) is 30.7 Å². The van der Waals surface area contributed by atoms with E-state index in [-0.39, 0.29) is 31.5 Å². The van der Waals surface area contributed by atoms with Crippen molar-refractivity contribution in [2.75, 3.05) is 6.54 Å². The molecule has 0 spiro atoms. The van der Waals surface area contributed by atoms with Gasteiger partial charge in [0.1, 0.15) is 29.3 Å². The van der Waals surface area contributed by atoms with Crippen LogP contribution in [-0.4, -0.2) is 94.2 Å².